The highest BCUT2D eigenvalue weighted by Gasteiger charge is 2.49. The molecule has 1 unspecified atom stereocenters. The molecule has 0 radical (unpaired) electrons. The fourth-order valence-corrected chi connectivity index (χ4v) is 3.14. The fraction of sp³-hybridized carbons (Fsp3) is 0.278. The Morgan fingerprint density at radius 2 is 1.82 bits per heavy atom. The molecule has 1 aliphatic rings. The summed E-state index contributed by atoms with van der Waals surface area (Å²) in [7, 11) is 3.35. The number of fused-ring (bicyclic) bond motifs is 1. The van der Waals surface area contributed by atoms with E-state index in [0.717, 1.165) is 16.9 Å². The minimum Gasteiger partial charge on any atom is -0.492 e. The summed E-state index contributed by atoms with van der Waals surface area (Å²) in [5, 5.41) is 0. The topological polar surface area (TPSA) is 38.8 Å². The molecule has 3 rings (SSSR count). The van der Waals surface area contributed by atoms with Crippen LogP contribution in [0.4, 0.5) is 0 Å². The SMILES string of the molecule is COC(=O)C1(c2ccccc2)c2ccccc2OCCN1C. The van der Waals surface area contributed by atoms with E-state index >= 15 is 0 Å². The summed E-state index contributed by atoms with van der Waals surface area (Å²) in [5.41, 5.74) is 0.693. The van der Waals surface area contributed by atoms with Gasteiger partial charge >= 0.3 is 5.97 Å². The normalized spacial score (nSPS) is 21.4. The molecule has 0 spiro atoms. The predicted octanol–water partition coefficient (Wildman–Crippen LogP) is 2.43. The Morgan fingerprint density at radius 3 is 2.55 bits per heavy atom. The number of nitrogens with zero attached hydrogens (tertiary/aromatic N) is 1. The van der Waals surface area contributed by atoms with Crippen molar-refractivity contribution in [1.82, 2.24) is 4.90 Å². The zero-order chi connectivity index (χ0) is 15.6. The molecule has 0 saturated heterocycles. The Hall–Kier alpha value is -2.33. The van der Waals surface area contributed by atoms with E-state index < -0.39 is 5.54 Å². The van der Waals surface area contributed by atoms with Crippen LogP contribution in [-0.2, 0) is 15.1 Å². The second-order valence-electron chi connectivity index (χ2n) is 5.33. The third kappa shape index (κ3) is 2.07. The minimum atomic E-state index is -0.997. The molecule has 4 nitrogen and oxygen atoms in total. The lowest BCUT2D eigenvalue weighted by Crippen LogP contribution is -2.51. The molecule has 0 saturated carbocycles. The molecule has 0 N–H and O–H groups in total. The van der Waals surface area contributed by atoms with Gasteiger partial charge in [-0.15, -0.1) is 0 Å². The molecule has 1 aliphatic heterocycles. The highest BCUT2D eigenvalue weighted by Crippen LogP contribution is 2.42. The van der Waals surface area contributed by atoms with E-state index in [4.69, 9.17) is 9.47 Å². The monoisotopic (exact) mass is 297 g/mol. The van der Waals surface area contributed by atoms with Gasteiger partial charge in [0, 0.05) is 12.1 Å². The molecule has 1 atom stereocenters. The summed E-state index contributed by atoms with van der Waals surface area (Å²) in [6.07, 6.45) is 0. The third-order valence-corrected chi connectivity index (χ3v) is 4.21. The van der Waals surface area contributed by atoms with Gasteiger partial charge in [0.15, 0.2) is 5.54 Å². The van der Waals surface area contributed by atoms with E-state index in [2.05, 4.69) is 0 Å². The second kappa shape index (κ2) is 5.81. The first-order valence-electron chi connectivity index (χ1n) is 7.28. The number of likely N-dealkylation sites (N-methyl/N-ethyl adjacent to an activating group) is 1. The zero-order valence-corrected chi connectivity index (χ0v) is 12.8. The lowest BCUT2D eigenvalue weighted by atomic mass is 9.81. The van der Waals surface area contributed by atoms with Crippen LogP contribution in [0.3, 0.4) is 0 Å². The molecule has 114 valence electrons. The molecule has 0 bridgehead atoms. The lowest BCUT2D eigenvalue weighted by molar-refractivity contribution is -0.152. The maximum absolute atomic E-state index is 12.9. The van der Waals surface area contributed by atoms with Gasteiger partial charge in [-0.25, -0.2) is 4.79 Å². The maximum atomic E-state index is 12.9. The van der Waals surface area contributed by atoms with Crippen molar-refractivity contribution in [1.29, 1.82) is 0 Å². The van der Waals surface area contributed by atoms with E-state index in [-0.39, 0.29) is 5.97 Å². The second-order valence-corrected chi connectivity index (χ2v) is 5.33. The molecule has 0 aliphatic carbocycles. The van der Waals surface area contributed by atoms with Gasteiger partial charge in [-0.3, -0.25) is 4.90 Å². The van der Waals surface area contributed by atoms with Crippen molar-refractivity contribution in [2.75, 3.05) is 27.3 Å². The van der Waals surface area contributed by atoms with Crippen molar-refractivity contribution in [2.45, 2.75) is 5.54 Å². The van der Waals surface area contributed by atoms with Gasteiger partial charge in [0.1, 0.15) is 12.4 Å². The number of benzene rings is 2. The van der Waals surface area contributed by atoms with Crippen LogP contribution in [0.15, 0.2) is 54.6 Å². The lowest BCUT2D eigenvalue weighted by Gasteiger charge is -2.38. The van der Waals surface area contributed by atoms with Crippen molar-refractivity contribution in [3.8, 4) is 5.75 Å². The van der Waals surface area contributed by atoms with E-state index in [1.165, 1.54) is 7.11 Å². The largest absolute Gasteiger partial charge is 0.492 e. The quantitative estimate of drug-likeness (QED) is 0.798. The summed E-state index contributed by atoms with van der Waals surface area (Å²) < 4.78 is 11.0. The molecular formula is C18H19NO3. The Bertz CT molecular complexity index is 671. The van der Waals surface area contributed by atoms with E-state index in [1.807, 2.05) is 66.5 Å². The predicted molar refractivity (Wildman–Crippen MR) is 83.8 cm³/mol. The Morgan fingerprint density at radius 1 is 1.14 bits per heavy atom. The number of esters is 1. The smallest absolute Gasteiger partial charge is 0.335 e. The molecule has 0 amide bonds. The summed E-state index contributed by atoms with van der Waals surface area (Å²) in [6.45, 7) is 1.15. The van der Waals surface area contributed by atoms with Crippen LogP contribution in [0.5, 0.6) is 5.75 Å². The van der Waals surface area contributed by atoms with Crippen LogP contribution >= 0.6 is 0 Å². The van der Waals surface area contributed by atoms with Gasteiger partial charge in [0.05, 0.1) is 7.11 Å². The molecule has 1 heterocycles. The molecule has 22 heavy (non-hydrogen) atoms. The number of carbonyl (C=O) groups is 1. The Labute approximate surface area is 130 Å². The first kappa shape index (κ1) is 14.6. The standard InChI is InChI=1S/C18H19NO3/c1-19-12-13-22-16-11-7-6-10-15(16)18(19,17(20)21-2)14-8-4-3-5-9-14/h3-11H,12-13H2,1-2H3. The average molecular weight is 297 g/mol. The van der Waals surface area contributed by atoms with Crippen LogP contribution < -0.4 is 4.74 Å². The van der Waals surface area contributed by atoms with Crippen molar-refractivity contribution in [3.05, 3.63) is 65.7 Å². The molecule has 2 aromatic carbocycles. The van der Waals surface area contributed by atoms with Crippen molar-refractivity contribution in [3.63, 3.8) is 0 Å². The minimum absolute atomic E-state index is 0.306. The van der Waals surface area contributed by atoms with Gasteiger partial charge in [0.25, 0.3) is 0 Å². The summed E-state index contributed by atoms with van der Waals surface area (Å²) in [4.78, 5) is 14.9. The van der Waals surface area contributed by atoms with Crippen molar-refractivity contribution >= 4 is 5.97 Å². The van der Waals surface area contributed by atoms with Gasteiger partial charge in [0.2, 0.25) is 0 Å². The highest BCUT2D eigenvalue weighted by molar-refractivity contribution is 5.88. The number of hydrogen-bond acceptors (Lipinski definition) is 4. The van der Waals surface area contributed by atoms with Gasteiger partial charge in [-0.05, 0) is 18.7 Å². The summed E-state index contributed by atoms with van der Waals surface area (Å²) in [5.74, 6) is 0.417. The Balaban J connectivity index is 2.34. The van der Waals surface area contributed by atoms with E-state index in [1.54, 1.807) is 0 Å². The fourth-order valence-electron chi connectivity index (χ4n) is 3.14. The summed E-state index contributed by atoms with van der Waals surface area (Å²) in [6, 6.07) is 17.4. The summed E-state index contributed by atoms with van der Waals surface area (Å²) >= 11 is 0. The van der Waals surface area contributed by atoms with Crippen molar-refractivity contribution < 1.29 is 14.3 Å². The van der Waals surface area contributed by atoms with Crippen LogP contribution in [0.25, 0.3) is 0 Å². The molecular weight excluding hydrogens is 278 g/mol. The van der Waals surface area contributed by atoms with E-state index in [0.29, 0.717) is 13.2 Å². The number of ether oxygens (including phenoxy) is 2. The van der Waals surface area contributed by atoms with Gasteiger partial charge in [-0.1, -0.05) is 48.5 Å². The molecule has 2 aromatic rings. The number of hydrogen-bond donors (Lipinski definition) is 0. The maximum Gasteiger partial charge on any atom is 0.335 e. The van der Waals surface area contributed by atoms with Gasteiger partial charge < -0.3 is 9.47 Å². The first-order valence-corrected chi connectivity index (χ1v) is 7.28. The van der Waals surface area contributed by atoms with Crippen molar-refractivity contribution in [2.24, 2.45) is 0 Å². The van der Waals surface area contributed by atoms with Crippen LogP contribution in [0, 0.1) is 0 Å². The van der Waals surface area contributed by atoms with Gasteiger partial charge in [-0.2, -0.15) is 0 Å². The van der Waals surface area contributed by atoms with Crippen LogP contribution in [-0.4, -0.2) is 38.2 Å². The number of para-hydroxylation sites is 1. The third-order valence-electron chi connectivity index (χ3n) is 4.21. The van der Waals surface area contributed by atoms with E-state index in [9.17, 15) is 4.79 Å². The number of rotatable bonds is 2. The first-order chi connectivity index (χ1) is 10.7. The number of carbonyl (C=O) groups excluding carboxylic acids is 1. The highest BCUT2D eigenvalue weighted by atomic mass is 16.5. The Kier molecular flexibility index (Phi) is 3.86. The average Bonchev–Trinajstić information content (AvgIpc) is 2.71. The molecule has 4 heteroatoms. The zero-order valence-electron chi connectivity index (χ0n) is 12.8. The molecule has 0 aromatic heterocycles. The molecule has 0 fully saturated rings. The van der Waals surface area contributed by atoms with Crippen LogP contribution in [0.2, 0.25) is 0 Å². The number of methoxy groups -OCH3 is 1. The van der Waals surface area contributed by atoms with Crippen LogP contribution in [0.1, 0.15) is 11.1 Å².